The van der Waals surface area contributed by atoms with Gasteiger partial charge in [0.05, 0.1) is 7.11 Å². The third-order valence-electron chi connectivity index (χ3n) is 4.35. The van der Waals surface area contributed by atoms with E-state index >= 15 is 0 Å². The number of amides is 4. The lowest BCUT2D eigenvalue weighted by atomic mass is 9.82. The number of ether oxygens (including phenoxy) is 1. The minimum atomic E-state index is -0.817. The number of urea groups is 1. The maximum absolute atomic E-state index is 12.4. The first-order valence-electron chi connectivity index (χ1n) is 8.38. The van der Waals surface area contributed by atoms with Crippen LogP contribution in [-0.4, -0.2) is 32.0 Å². The van der Waals surface area contributed by atoms with Crippen molar-refractivity contribution in [2.45, 2.75) is 32.1 Å². The number of hydrogen-bond donors (Lipinski definition) is 4. The number of hydrogen-bond acceptors (Lipinski definition) is 5. The number of benzene rings is 1. The van der Waals surface area contributed by atoms with Crippen molar-refractivity contribution in [3.63, 3.8) is 0 Å². The molecule has 0 bridgehead atoms. The maximum atomic E-state index is 12.4. The summed E-state index contributed by atoms with van der Waals surface area (Å²) in [7, 11) is 1.62. The van der Waals surface area contributed by atoms with Crippen molar-refractivity contribution in [3.05, 3.63) is 40.7 Å². The van der Waals surface area contributed by atoms with Crippen molar-refractivity contribution in [1.29, 1.82) is 0 Å². The molecule has 0 heterocycles. The monoisotopic (exact) mass is 360 g/mol. The van der Waals surface area contributed by atoms with Gasteiger partial charge in [0, 0.05) is 18.2 Å². The fourth-order valence-corrected chi connectivity index (χ4v) is 3.06. The lowest BCUT2D eigenvalue weighted by Crippen LogP contribution is -2.42. The van der Waals surface area contributed by atoms with Gasteiger partial charge < -0.3 is 21.1 Å². The van der Waals surface area contributed by atoms with Crippen LogP contribution in [-0.2, 0) is 16.0 Å². The number of allylic oxidation sites excluding steroid dienone is 1. The standard InChI is InChI=1S/C18H24N4O4/c1-11(19)16(22-18(25)21-10-23)17(24)20-9-13-5-3-4-12-6-7-14(26-2)8-15(12)13/h6-8,10,13H,3-5,9,19H2,1-2H3,(H,20,24)(H2,21,22,23,25)/b16-11+. The Morgan fingerprint density at radius 1 is 1.38 bits per heavy atom. The van der Waals surface area contributed by atoms with Crippen molar-refractivity contribution in [3.8, 4) is 5.75 Å². The molecular formula is C18H24N4O4. The Kier molecular flexibility index (Phi) is 6.60. The second-order valence-electron chi connectivity index (χ2n) is 6.14. The van der Waals surface area contributed by atoms with Gasteiger partial charge in [-0.05, 0) is 49.4 Å². The summed E-state index contributed by atoms with van der Waals surface area (Å²) in [5, 5.41) is 7.00. The van der Waals surface area contributed by atoms with Crippen LogP contribution in [0.4, 0.5) is 4.79 Å². The first-order chi connectivity index (χ1) is 12.5. The molecule has 5 N–H and O–H groups in total. The molecule has 0 aromatic heterocycles. The van der Waals surface area contributed by atoms with Gasteiger partial charge >= 0.3 is 6.03 Å². The highest BCUT2D eigenvalue weighted by Crippen LogP contribution is 2.33. The summed E-state index contributed by atoms with van der Waals surface area (Å²) >= 11 is 0. The maximum Gasteiger partial charge on any atom is 0.325 e. The number of nitrogens with two attached hydrogens (primary N) is 1. The molecule has 4 amide bonds. The Bertz CT molecular complexity index is 726. The molecule has 1 aromatic rings. The van der Waals surface area contributed by atoms with Gasteiger partial charge in [-0.15, -0.1) is 0 Å². The molecule has 140 valence electrons. The van der Waals surface area contributed by atoms with Gasteiger partial charge in [0.2, 0.25) is 6.41 Å². The molecule has 1 unspecified atom stereocenters. The third kappa shape index (κ3) is 4.75. The number of fused-ring (bicyclic) bond motifs is 1. The highest BCUT2D eigenvalue weighted by atomic mass is 16.5. The van der Waals surface area contributed by atoms with Crippen LogP contribution in [0.2, 0.25) is 0 Å². The molecule has 26 heavy (non-hydrogen) atoms. The average Bonchev–Trinajstić information content (AvgIpc) is 2.63. The summed E-state index contributed by atoms with van der Waals surface area (Å²) in [5.41, 5.74) is 8.17. The fraction of sp³-hybridized carbons (Fsp3) is 0.389. The molecule has 1 aliphatic carbocycles. The van der Waals surface area contributed by atoms with Gasteiger partial charge in [0.15, 0.2) is 0 Å². The van der Waals surface area contributed by atoms with Gasteiger partial charge in [0.1, 0.15) is 11.4 Å². The Balaban J connectivity index is 2.06. The number of aryl methyl sites for hydroxylation is 1. The van der Waals surface area contributed by atoms with E-state index in [1.165, 1.54) is 12.5 Å². The van der Waals surface area contributed by atoms with E-state index in [1.54, 1.807) is 7.11 Å². The van der Waals surface area contributed by atoms with Gasteiger partial charge in [-0.2, -0.15) is 0 Å². The Morgan fingerprint density at radius 2 is 2.15 bits per heavy atom. The van der Waals surface area contributed by atoms with E-state index in [9.17, 15) is 14.4 Å². The first-order valence-corrected chi connectivity index (χ1v) is 8.38. The normalized spacial score (nSPS) is 16.6. The number of rotatable bonds is 6. The van der Waals surface area contributed by atoms with Crippen LogP contribution in [0.25, 0.3) is 0 Å². The molecule has 1 aromatic carbocycles. The van der Waals surface area contributed by atoms with E-state index in [0.29, 0.717) is 6.54 Å². The quantitative estimate of drug-likeness (QED) is 0.443. The zero-order valence-corrected chi connectivity index (χ0v) is 14.9. The van der Waals surface area contributed by atoms with Crippen molar-refractivity contribution >= 4 is 18.3 Å². The molecule has 0 saturated heterocycles. The van der Waals surface area contributed by atoms with E-state index in [2.05, 4.69) is 16.7 Å². The number of carbonyl (C=O) groups is 3. The Hall–Kier alpha value is -3.03. The summed E-state index contributed by atoms with van der Waals surface area (Å²) in [6, 6.07) is 5.19. The van der Waals surface area contributed by atoms with Crippen LogP contribution in [0.1, 0.15) is 36.8 Å². The average molecular weight is 360 g/mol. The van der Waals surface area contributed by atoms with E-state index in [1.807, 2.05) is 17.4 Å². The van der Waals surface area contributed by atoms with E-state index in [-0.39, 0.29) is 23.7 Å². The lowest BCUT2D eigenvalue weighted by Gasteiger charge is -2.26. The smallest absolute Gasteiger partial charge is 0.325 e. The van der Waals surface area contributed by atoms with Crippen LogP contribution in [0.3, 0.4) is 0 Å². The number of carbonyl (C=O) groups excluding carboxylic acids is 3. The van der Waals surface area contributed by atoms with Crippen LogP contribution in [0.15, 0.2) is 29.6 Å². The Labute approximate surface area is 152 Å². The molecule has 0 radical (unpaired) electrons. The SMILES string of the molecule is COc1ccc2c(c1)C(CNC(=O)/C(NC(=O)NC=O)=C(/C)N)CCC2. The van der Waals surface area contributed by atoms with E-state index in [4.69, 9.17) is 10.5 Å². The Morgan fingerprint density at radius 3 is 2.81 bits per heavy atom. The van der Waals surface area contributed by atoms with Crippen LogP contribution in [0, 0.1) is 0 Å². The van der Waals surface area contributed by atoms with E-state index < -0.39 is 11.9 Å². The zero-order chi connectivity index (χ0) is 19.1. The van der Waals surface area contributed by atoms with Crippen molar-refractivity contribution < 1.29 is 19.1 Å². The van der Waals surface area contributed by atoms with E-state index in [0.717, 1.165) is 30.6 Å². The lowest BCUT2D eigenvalue weighted by molar-refractivity contribution is -0.118. The predicted molar refractivity (Wildman–Crippen MR) is 96.3 cm³/mol. The number of nitrogens with one attached hydrogen (secondary N) is 3. The molecule has 0 aliphatic heterocycles. The second kappa shape index (κ2) is 8.89. The number of methoxy groups -OCH3 is 1. The number of imide groups is 1. The summed E-state index contributed by atoms with van der Waals surface area (Å²) in [6.45, 7) is 1.91. The second-order valence-corrected chi connectivity index (χ2v) is 6.14. The zero-order valence-electron chi connectivity index (χ0n) is 14.9. The van der Waals surface area contributed by atoms with Crippen LogP contribution >= 0.6 is 0 Å². The van der Waals surface area contributed by atoms with Gasteiger partial charge in [-0.25, -0.2) is 4.79 Å². The van der Waals surface area contributed by atoms with Gasteiger partial charge in [-0.1, -0.05) is 6.07 Å². The largest absolute Gasteiger partial charge is 0.497 e. The topological polar surface area (TPSA) is 123 Å². The van der Waals surface area contributed by atoms with Crippen molar-refractivity contribution in [2.24, 2.45) is 5.73 Å². The minimum Gasteiger partial charge on any atom is -0.497 e. The molecule has 0 fully saturated rings. The summed E-state index contributed by atoms with van der Waals surface area (Å²) < 4.78 is 5.30. The summed E-state index contributed by atoms with van der Waals surface area (Å²) in [6.07, 6.45) is 3.21. The van der Waals surface area contributed by atoms with Crippen LogP contribution < -0.4 is 26.4 Å². The van der Waals surface area contributed by atoms with Crippen LogP contribution in [0.5, 0.6) is 5.75 Å². The molecular weight excluding hydrogens is 336 g/mol. The third-order valence-corrected chi connectivity index (χ3v) is 4.35. The highest BCUT2D eigenvalue weighted by Gasteiger charge is 2.23. The van der Waals surface area contributed by atoms with Gasteiger partial charge in [0.25, 0.3) is 5.91 Å². The fourth-order valence-electron chi connectivity index (χ4n) is 3.06. The minimum absolute atomic E-state index is 0.0778. The highest BCUT2D eigenvalue weighted by molar-refractivity contribution is 5.99. The molecule has 8 heteroatoms. The molecule has 1 atom stereocenters. The summed E-state index contributed by atoms with van der Waals surface area (Å²) in [4.78, 5) is 34.2. The molecule has 0 spiro atoms. The van der Waals surface area contributed by atoms with Gasteiger partial charge in [-0.3, -0.25) is 14.9 Å². The predicted octanol–water partition coefficient (Wildman–Crippen LogP) is 0.877. The van der Waals surface area contributed by atoms with Crippen molar-refractivity contribution in [1.82, 2.24) is 16.0 Å². The summed E-state index contributed by atoms with van der Waals surface area (Å²) in [5.74, 6) is 0.439. The molecule has 2 rings (SSSR count). The molecule has 1 aliphatic rings. The molecule has 8 nitrogen and oxygen atoms in total. The molecule has 0 saturated carbocycles. The van der Waals surface area contributed by atoms with Crippen molar-refractivity contribution in [2.75, 3.05) is 13.7 Å². The first kappa shape index (κ1) is 19.3.